The lowest BCUT2D eigenvalue weighted by atomic mass is 10.0. The Morgan fingerprint density at radius 1 is 0.415 bits per heavy atom. The van der Waals surface area contributed by atoms with Crippen molar-refractivity contribution in [2.45, 2.75) is 233 Å². The summed E-state index contributed by atoms with van der Waals surface area (Å²) in [6.07, 6.45) is 48.9. The fourth-order valence-corrected chi connectivity index (χ4v) is 6.50. The summed E-state index contributed by atoms with van der Waals surface area (Å²) in [5, 5.41) is 0. The van der Waals surface area contributed by atoms with Crippen molar-refractivity contribution in [3.63, 3.8) is 0 Å². The second-order valence-electron chi connectivity index (χ2n) is 13.4. The number of nitrogens with zero attached hydrogens (tertiary/aromatic N) is 2. The minimum Gasteiger partial charge on any atom is -0.234 e. The van der Waals surface area contributed by atoms with E-state index in [0.29, 0.717) is 0 Å². The monoisotopic (exact) mass is 574 g/mol. The maximum Gasteiger partial charge on any atom is 0.256 e. The predicted octanol–water partition coefficient (Wildman–Crippen LogP) is 13.1. The molecule has 1 rings (SSSR count). The number of hydrogen-bond acceptors (Lipinski definition) is 0. The van der Waals surface area contributed by atoms with Crippen molar-refractivity contribution in [2.75, 3.05) is 0 Å². The van der Waals surface area contributed by atoms with Gasteiger partial charge in [-0.3, -0.25) is 0 Å². The summed E-state index contributed by atoms with van der Waals surface area (Å²) in [5.74, 6) is 1.61. The topological polar surface area (TPSA) is 8.81 Å². The second-order valence-corrected chi connectivity index (χ2v) is 13.4. The minimum absolute atomic E-state index is 1.23. The fourth-order valence-electron chi connectivity index (χ4n) is 6.50. The molecule has 0 spiro atoms. The third-order valence-electron chi connectivity index (χ3n) is 9.35. The van der Waals surface area contributed by atoms with E-state index >= 15 is 0 Å². The quantitative estimate of drug-likeness (QED) is 0.0584. The lowest BCUT2D eigenvalue weighted by Crippen LogP contribution is -2.37. The fraction of sp³-hybridized carbons (Fsp3) is 0.923. The lowest BCUT2D eigenvalue weighted by molar-refractivity contribution is -0.704. The van der Waals surface area contributed by atoms with Gasteiger partial charge in [0.25, 0.3) is 5.82 Å². The normalized spacial score (nSPS) is 11.6. The van der Waals surface area contributed by atoms with Crippen LogP contribution in [0.15, 0.2) is 12.4 Å². The van der Waals surface area contributed by atoms with Crippen molar-refractivity contribution in [2.24, 2.45) is 0 Å². The molecule has 0 saturated carbocycles. The number of aromatic nitrogens is 2. The summed E-state index contributed by atoms with van der Waals surface area (Å²) >= 11 is 0. The van der Waals surface area contributed by atoms with Gasteiger partial charge in [0, 0.05) is 6.42 Å². The first-order valence-electron chi connectivity index (χ1n) is 19.4. The predicted molar refractivity (Wildman–Crippen MR) is 184 cm³/mol. The zero-order chi connectivity index (χ0) is 29.5. The van der Waals surface area contributed by atoms with Crippen molar-refractivity contribution >= 4 is 0 Å². The SMILES string of the molecule is CCCCCCCCCCCCCCC[n+]1ccn(CCCCCCCCCCCCCC)c1CCCCCCC. The molecule has 1 heterocycles. The van der Waals surface area contributed by atoms with Crippen molar-refractivity contribution < 1.29 is 4.57 Å². The van der Waals surface area contributed by atoms with Gasteiger partial charge in [-0.25, -0.2) is 9.13 Å². The van der Waals surface area contributed by atoms with E-state index in [1.165, 1.54) is 212 Å². The molecule has 2 heteroatoms. The molecule has 0 unspecified atom stereocenters. The highest BCUT2D eigenvalue weighted by molar-refractivity contribution is 4.84. The molecule has 0 aliphatic rings. The number of aryl methyl sites for hydroxylation is 2. The summed E-state index contributed by atoms with van der Waals surface area (Å²) in [6, 6.07) is 0. The molecule has 1 aromatic rings. The Hall–Kier alpha value is -0.790. The maximum absolute atomic E-state index is 2.62. The zero-order valence-electron chi connectivity index (χ0n) is 28.9. The molecule has 0 fully saturated rings. The molecule has 0 aliphatic carbocycles. The van der Waals surface area contributed by atoms with Gasteiger partial charge in [0.1, 0.15) is 12.4 Å². The lowest BCUT2D eigenvalue weighted by Gasteiger charge is -2.07. The number of unbranched alkanes of at least 4 members (excludes halogenated alkanes) is 27. The highest BCUT2D eigenvalue weighted by atomic mass is 15.1. The van der Waals surface area contributed by atoms with Crippen LogP contribution in [-0.4, -0.2) is 4.57 Å². The molecule has 0 aromatic carbocycles. The summed E-state index contributed by atoms with van der Waals surface area (Å²) in [6.45, 7) is 9.40. The summed E-state index contributed by atoms with van der Waals surface area (Å²) in [5.41, 5.74) is 0. The van der Waals surface area contributed by atoms with Crippen LogP contribution in [0.2, 0.25) is 0 Å². The molecule has 0 atom stereocenters. The third-order valence-corrected chi connectivity index (χ3v) is 9.35. The van der Waals surface area contributed by atoms with Crippen LogP contribution in [-0.2, 0) is 19.5 Å². The van der Waals surface area contributed by atoms with Gasteiger partial charge < -0.3 is 0 Å². The number of hydrogen-bond donors (Lipinski definition) is 0. The zero-order valence-corrected chi connectivity index (χ0v) is 28.9. The molecule has 0 saturated heterocycles. The minimum atomic E-state index is 1.23. The Bertz CT molecular complexity index is 634. The average Bonchev–Trinajstić information content (AvgIpc) is 3.37. The molecule has 0 aliphatic heterocycles. The summed E-state index contributed by atoms with van der Waals surface area (Å²) in [4.78, 5) is 0. The Kier molecular flexibility index (Phi) is 28.6. The van der Waals surface area contributed by atoms with Gasteiger partial charge in [0.2, 0.25) is 0 Å². The van der Waals surface area contributed by atoms with Gasteiger partial charge in [-0.15, -0.1) is 0 Å². The molecule has 1 aromatic heterocycles. The van der Waals surface area contributed by atoms with Crippen LogP contribution < -0.4 is 4.57 Å². The van der Waals surface area contributed by atoms with Crippen molar-refractivity contribution in [3.8, 4) is 0 Å². The summed E-state index contributed by atoms with van der Waals surface area (Å²) < 4.78 is 5.25. The number of rotatable bonds is 33. The van der Waals surface area contributed by atoms with Gasteiger partial charge in [0.15, 0.2) is 0 Å². The van der Waals surface area contributed by atoms with Crippen molar-refractivity contribution in [3.05, 3.63) is 18.2 Å². The van der Waals surface area contributed by atoms with Crippen LogP contribution in [0.25, 0.3) is 0 Å². The molecule has 242 valence electrons. The van der Waals surface area contributed by atoms with Crippen LogP contribution in [0.3, 0.4) is 0 Å². The molecule has 0 N–H and O–H groups in total. The van der Waals surface area contributed by atoms with Crippen LogP contribution >= 0.6 is 0 Å². The highest BCUT2D eigenvalue weighted by Gasteiger charge is 2.16. The first-order valence-corrected chi connectivity index (χ1v) is 19.4. The third kappa shape index (κ3) is 23.4. The van der Waals surface area contributed by atoms with Crippen LogP contribution in [0.1, 0.15) is 219 Å². The highest BCUT2D eigenvalue weighted by Crippen LogP contribution is 2.15. The first-order chi connectivity index (χ1) is 20.3. The molecule has 2 nitrogen and oxygen atoms in total. The van der Waals surface area contributed by atoms with Crippen molar-refractivity contribution in [1.29, 1.82) is 0 Å². The van der Waals surface area contributed by atoms with E-state index < -0.39 is 0 Å². The Morgan fingerprint density at radius 2 is 0.756 bits per heavy atom. The van der Waals surface area contributed by atoms with Crippen LogP contribution in [0.5, 0.6) is 0 Å². The summed E-state index contributed by atoms with van der Waals surface area (Å²) in [7, 11) is 0. The maximum atomic E-state index is 2.62. The molecule has 0 radical (unpaired) electrons. The van der Waals surface area contributed by atoms with E-state index in [-0.39, 0.29) is 0 Å². The Labute approximate surface area is 259 Å². The second kappa shape index (κ2) is 30.7. The van der Waals surface area contributed by atoms with E-state index in [1.54, 1.807) is 5.82 Å². The standard InChI is InChI=1S/C39H77N2/c1-4-7-10-13-15-17-19-21-23-25-27-30-33-36-41-38-37-40(39(41)34-31-28-12-9-6-3)35-32-29-26-24-22-20-18-16-14-11-8-5-2/h37-38H,4-36H2,1-3H3/q+1. The van der Waals surface area contributed by atoms with Crippen molar-refractivity contribution in [1.82, 2.24) is 4.57 Å². The van der Waals surface area contributed by atoms with Crippen LogP contribution in [0.4, 0.5) is 0 Å². The van der Waals surface area contributed by atoms with Gasteiger partial charge in [-0.2, -0.15) is 0 Å². The number of imidazole rings is 1. The average molecular weight is 574 g/mol. The molecule has 41 heavy (non-hydrogen) atoms. The molecular weight excluding hydrogens is 496 g/mol. The first kappa shape index (κ1) is 38.2. The van der Waals surface area contributed by atoms with E-state index in [1.807, 2.05) is 0 Å². The molecule has 0 bridgehead atoms. The van der Waals surface area contributed by atoms with E-state index in [4.69, 9.17) is 0 Å². The smallest absolute Gasteiger partial charge is 0.234 e. The van der Waals surface area contributed by atoms with Gasteiger partial charge in [0.05, 0.1) is 13.1 Å². The Morgan fingerprint density at radius 3 is 1.17 bits per heavy atom. The van der Waals surface area contributed by atoms with Gasteiger partial charge >= 0.3 is 0 Å². The van der Waals surface area contributed by atoms with E-state index in [9.17, 15) is 0 Å². The molecule has 0 amide bonds. The molecular formula is C39H77N2+. The van der Waals surface area contributed by atoms with Crippen LogP contribution in [0, 0.1) is 0 Å². The Balaban J connectivity index is 2.21. The van der Waals surface area contributed by atoms with Gasteiger partial charge in [-0.1, -0.05) is 181 Å². The largest absolute Gasteiger partial charge is 0.256 e. The van der Waals surface area contributed by atoms with E-state index in [2.05, 4.69) is 42.3 Å². The van der Waals surface area contributed by atoms with Gasteiger partial charge in [-0.05, 0) is 32.1 Å². The van der Waals surface area contributed by atoms with E-state index in [0.717, 1.165) is 0 Å².